The van der Waals surface area contributed by atoms with Crippen molar-refractivity contribution in [2.75, 3.05) is 39.9 Å². The topological polar surface area (TPSA) is 74.8 Å². The summed E-state index contributed by atoms with van der Waals surface area (Å²) in [7, 11) is 1.73. The predicted octanol–water partition coefficient (Wildman–Crippen LogP) is 1.32. The maximum absolute atomic E-state index is 12.0. The molecule has 1 amide bonds. The van der Waals surface area contributed by atoms with Crippen molar-refractivity contribution < 1.29 is 9.53 Å². The molecular formula is C17H28N4O2. The maximum Gasteiger partial charge on any atom is 0.251 e. The minimum Gasteiger partial charge on any atom is -0.382 e. The second kappa shape index (κ2) is 11.5. The zero-order chi connectivity index (χ0) is 16.9. The van der Waals surface area contributed by atoms with E-state index in [4.69, 9.17) is 4.74 Å². The Labute approximate surface area is 138 Å². The first-order valence-electron chi connectivity index (χ1n) is 8.04. The molecular weight excluding hydrogens is 292 g/mol. The summed E-state index contributed by atoms with van der Waals surface area (Å²) in [5, 5.41) is 9.25. The van der Waals surface area contributed by atoms with E-state index in [2.05, 4.69) is 20.9 Å². The van der Waals surface area contributed by atoms with Gasteiger partial charge in [0.15, 0.2) is 5.96 Å². The summed E-state index contributed by atoms with van der Waals surface area (Å²) in [5.41, 5.74) is 1.76. The van der Waals surface area contributed by atoms with E-state index in [0.29, 0.717) is 18.7 Å². The Morgan fingerprint density at radius 3 is 2.61 bits per heavy atom. The number of amides is 1. The molecule has 1 aromatic carbocycles. The third-order valence-corrected chi connectivity index (χ3v) is 3.17. The van der Waals surface area contributed by atoms with Gasteiger partial charge in [-0.25, -0.2) is 0 Å². The highest BCUT2D eigenvalue weighted by atomic mass is 16.5. The number of ether oxygens (including phenoxy) is 1. The van der Waals surface area contributed by atoms with Gasteiger partial charge in [-0.15, -0.1) is 0 Å². The summed E-state index contributed by atoms with van der Waals surface area (Å²) in [6, 6.07) is 7.55. The minimum absolute atomic E-state index is 0.0600. The molecule has 0 aliphatic carbocycles. The number of nitrogens with one attached hydrogen (secondary N) is 3. The number of guanidine groups is 1. The van der Waals surface area contributed by atoms with Gasteiger partial charge in [-0.1, -0.05) is 17.7 Å². The molecule has 0 radical (unpaired) electrons. The van der Waals surface area contributed by atoms with Crippen LogP contribution >= 0.6 is 0 Å². The van der Waals surface area contributed by atoms with Crippen LogP contribution in [0.1, 0.15) is 29.3 Å². The van der Waals surface area contributed by atoms with Crippen molar-refractivity contribution in [2.24, 2.45) is 4.99 Å². The van der Waals surface area contributed by atoms with Crippen molar-refractivity contribution in [3.05, 3.63) is 35.4 Å². The molecule has 0 bridgehead atoms. The maximum atomic E-state index is 12.0. The van der Waals surface area contributed by atoms with Crippen molar-refractivity contribution in [2.45, 2.75) is 20.3 Å². The van der Waals surface area contributed by atoms with Crippen molar-refractivity contribution >= 4 is 11.9 Å². The average Bonchev–Trinajstić information content (AvgIpc) is 2.56. The highest BCUT2D eigenvalue weighted by Crippen LogP contribution is 2.03. The molecule has 1 rings (SSSR count). The number of aliphatic imine (C=N–C) groups is 1. The van der Waals surface area contributed by atoms with E-state index < -0.39 is 0 Å². The number of rotatable bonds is 9. The average molecular weight is 320 g/mol. The van der Waals surface area contributed by atoms with Gasteiger partial charge in [-0.05, 0) is 32.4 Å². The molecule has 0 aromatic heterocycles. The summed E-state index contributed by atoms with van der Waals surface area (Å²) in [4.78, 5) is 16.1. The third-order valence-electron chi connectivity index (χ3n) is 3.17. The monoisotopic (exact) mass is 320 g/mol. The van der Waals surface area contributed by atoms with Crippen LogP contribution in [0.3, 0.4) is 0 Å². The predicted molar refractivity (Wildman–Crippen MR) is 94.0 cm³/mol. The van der Waals surface area contributed by atoms with Gasteiger partial charge in [0, 0.05) is 45.5 Å². The number of benzene rings is 1. The van der Waals surface area contributed by atoms with Crippen LogP contribution < -0.4 is 16.0 Å². The fourth-order valence-electron chi connectivity index (χ4n) is 1.99. The van der Waals surface area contributed by atoms with Gasteiger partial charge >= 0.3 is 0 Å². The largest absolute Gasteiger partial charge is 0.382 e. The lowest BCUT2D eigenvalue weighted by Gasteiger charge is -2.12. The van der Waals surface area contributed by atoms with Gasteiger partial charge in [0.05, 0.1) is 0 Å². The van der Waals surface area contributed by atoms with Gasteiger partial charge in [0.25, 0.3) is 5.91 Å². The fraction of sp³-hybridized carbons (Fsp3) is 0.529. The van der Waals surface area contributed by atoms with Crippen LogP contribution in [0.2, 0.25) is 0 Å². The molecule has 23 heavy (non-hydrogen) atoms. The number of aryl methyl sites for hydroxylation is 1. The molecule has 0 saturated heterocycles. The summed E-state index contributed by atoms with van der Waals surface area (Å²) in [6.45, 7) is 7.39. The fourth-order valence-corrected chi connectivity index (χ4v) is 1.99. The van der Waals surface area contributed by atoms with E-state index in [1.54, 1.807) is 7.05 Å². The van der Waals surface area contributed by atoms with Crippen LogP contribution in [-0.4, -0.2) is 51.8 Å². The zero-order valence-corrected chi connectivity index (χ0v) is 14.3. The van der Waals surface area contributed by atoms with E-state index in [9.17, 15) is 4.79 Å². The molecule has 0 aliphatic heterocycles. The van der Waals surface area contributed by atoms with Gasteiger partial charge in [-0.3, -0.25) is 9.79 Å². The molecule has 0 fully saturated rings. The van der Waals surface area contributed by atoms with Crippen molar-refractivity contribution in [3.8, 4) is 0 Å². The number of hydrogen-bond donors (Lipinski definition) is 3. The van der Waals surface area contributed by atoms with E-state index in [0.717, 1.165) is 37.7 Å². The first-order valence-corrected chi connectivity index (χ1v) is 8.04. The summed E-state index contributed by atoms with van der Waals surface area (Å²) in [5.74, 6) is 0.668. The quantitative estimate of drug-likeness (QED) is 0.364. The van der Waals surface area contributed by atoms with Crippen molar-refractivity contribution in [1.82, 2.24) is 16.0 Å². The van der Waals surface area contributed by atoms with Crippen LogP contribution in [0.5, 0.6) is 0 Å². The van der Waals surface area contributed by atoms with Crippen LogP contribution in [0.15, 0.2) is 29.3 Å². The molecule has 0 aliphatic rings. The molecule has 0 atom stereocenters. The summed E-state index contributed by atoms with van der Waals surface area (Å²) in [6.07, 6.45) is 0.929. The number of hydrogen-bond acceptors (Lipinski definition) is 3. The smallest absolute Gasteiger partial charge is 0.251 e. The lowest BCUT2D eigenvalue weighted by atomic mass is 10.1. The number of carbonyl (C=O) groups is 1. The van der Waals surface area contributed by atoms with E-state index in [1.165, 1.54) is 0 Å². The second-order valence-electron chi connectivity index (χ2n) is 5.10. The Bertz CT molecular complexity index is 503. The molecule has 3 N–H and O–H groups in total. The van der Waals surface area contributed by atoms with Crippen molar-refractivity contribution in [3.63, 3.8) is 0 Å². The molecule has 128 valence electrons. The summed E-state index contributed by atoms with van der Waals surface area (Å²) < 4.78 is 5.28. The molecule has 1 aromatic rings. The molecule has 0 heterocycles. The molecule has 6 nitrogen and oxygen atoms in total. The highest BCUT2D eigenvalue weighted by Gasteiger charge is 2.04. The highest BCUT2D eigenvalue weighted by molar-refractivity contribution is 5.94. The standard InChI is InChI=1S/C17H28N4O2/c1-4-23-12-6-9-20-17(18-3)21-11-10-19-16(22)15-8-5-7-14(2)13-15/h5,7-8,13H,4,6,9-12H2,1-3H3,(H,19,22)(H2,18,20,21). The number of nitrogens with zero attached hydrogens (tertiary/aromatic N) is 1. The first kappa shape index (κ1) is 19.0. The first-order chi connectivity index (χ1) is 11.2. The van der Waals surface area contributed by atoms with E-state index in [-0.39, 0.29) is 5.91 Å². The molecule has 0 saturated carbocycles. The Balaban J connectivity index is 2.18. The van der Waals surface area contributed by atoms with Gasteiger partial charge < -0.3 is 20.7 Å². The lowest BCUT2D eigenvalue weighted by Crippen LogP contribution is -2.42. The number of carbonyl (C=O) groups excluding carboxylic acids is 1. The second-order valence-corrected chi connectivity index (χ2v) is 5.10. The molecule has 6 heteroatoms. The van der Waals surface area contributed by atoms with E-state index >= 15 is 0 Å². The van der Waals surface area contributed by atoms with Crippen LogP contribution in [0, 0.1) is 6.92 Å². The van der Waals surface area contributed by atoms with Crippen LogP contribution in [-0.2, 0) is 4.74 Å². The Hall–Kier alpha value is -2.08. The normalized spacial score (nSPS) is 11.2. The Morgan fingerprint density at radius 2 is 1.91 bits per heavy atom. The molecule has 0 spiro atoms. The van der Waals surface area contributed by atoms with Crippen LogP contribution in [0.25, 0.3) is 0 Å². The zero-order valence-electron chi connectivity index (χ0n) is 14.3. The summed E-state index contributed by atoms with van der Waals surface area (Å²) >= 11 is 0. The minimum atomic E-state index is -0.0600. The van der Waals surface area contributed by atoms with Gasteiger partial charge in [0.1, 0.15) is 0 Å². The van der Waals surface area contributed by atoms with Gasteiger partial charge in [0.2, 0.25) is 0 Å². The lowest BCUT2D eigenvalue weighted by molar-refractivity contribution is 0.0954. The van der Waals surface area contributed by atoms with E-state index in [1.807, 2.05) is 38.1 Å². The SMILES string of the molecule is CCOCCCNC(=NC)NCCNC(=O)c1cccc(C)c1. The Kier molecular flexibility index (Phi) is 9.47. The van der Waals surface area contributed by atoms with Crippen molar-refractivity contribution in [1.29, 1.82) is 0 Å². The van der Waals surface area contributed by atoms with Gasteiger partial charge in [-0.2, -0.15) is 0 Å². The molecule has 0 unspecified atom stereocenters. The van der Waals surface area contributed by atoms with Crippen LogP contribution in [0.4, 0.5) is 0 Å². The Morgan fingerprint density at radius 1 is 1.17 bits per heavy atom. The third kappa shape index (κ3) is 8.21.